The van der Waals surface area contributed by atoms with Crippen LogP contribution in [-0.4, -0.2) is 72.4 Å². The van der Waals surface area contributed by atoms with Crippen LogP contribution in [0.25, 0.3) is 0 Å². The summed E-state index contributed by atoms with van der Waals surface area (Å²) in [7, 11) is 1.76. The van der Waals surface area contributed by atoms with Gasteiger partial charge in [-0.1, -0.05) is 42.5 Å². The number of ether oxygens (including phenoxy) is 1. The maximum atomic E-state index is 13.8. The number of carbonyl (C=O) groups excluding carboxylic acids is 3. The van der Waals surface area contributed by atoms with Crippen molar-refractivity contribution in [2.75, 3.05) is 33.3 Å². The van der Waals surface area contributed by atoms with Gasteiger partial charge in [0.05, 0.1) is 24.2 Å². The highest BCUT2D eigenvalue weighted by molar-refractivity contribution is 5.92. The van der Waals surface area contributed by atoms with Gasteiger partial charge in [-0.3, -0.25) is 14.4 Å². The van der Waals surface area contributed by atoms with Crippen LogP contribution in [0.4, 0.5) is 4.39 Å². The van der Waals surface area contributed by atoms with Gasteiger partial charge in [0, 0.05) is 32.6 Å². The maximum absolute atomic E-state index is 13.8. The predicted molar refractivity (Wildman–Crippen MR) is 141 cm³/mol. The van der Waals surface area contributed by atoms with E-state index < -0.39 is 22.9 Å². The van der Waals surface area contributed by atoms with Crippen LogP contribution in [0.15, 0.2) is 54.6 Å². The van der Waals surface area contributed by atoms with E-state index in [-0.39, 0.29) is 43.3 Å². The number of halogens is 1. The number of amides is 3. The molecule has 2 fully saturated rings. The van der Waals surface area contributed by atoms with Gasteiger partial charge in [-0.25, -0.2) is 4.39 Å². The van der Waals surface area contributed by atoms with Crippen molar-refractivity contribution in [3.05, 3.63) is 71.5 Å². The average Bonchev–Trinajstić information content (AvgIpc) is 3.12. The molecule has 2 aliphatic rings. The molecule has 2 heterocycles. The summed E-state index contributed by atoms with van der Waals surface area (Å²) < 4.78 is 19.5. The Morgan fingerprint density at radius 2 is 1.87 bits per heavy atom. The van der Waals surface area contributed by atoms with Crippen molar-refractivity contribution in [3.8, 4) is 0 Å². The monoisotopic (exact) mass is 524 g/mol. The smallest absolute Gasteiger partial charge is 0.247 e. The van der Waals surface area contributed by atoms with E-state index in [4.69, 9.17) is 10.5 Å². The van der Waals surface area contributed by atoms with Crippen molar-refractivity contribution in [1.29, 1.82) is 0 Å². The molecule has 2 aromatic carbocycles. The van der Waals surface area contributed by atoms with E-state index in [1.54, 1.807) is 42.8 Å². The van der Waals surface area contributed by atoms with E-state index in [2.05, 4.69) is 5.32 Å². The normalized spacial score (nSPS) is 22.6. The Balaban J connectivity index is 1.55. The van der Waals surface area contributed by atoms with E-state index in [0.717, 1.165) is 11.1 Å². The number of nitrogens with two attached hydrogens (primary N) is 1. The minimum Gasteiger partial charge on any atom is -0.374 e. The van der Waals surface area contributed by atoms with Gasteiger partial charge in [0.15, 0.2) is 0 Å². The summed E-state index contributed by atoms with van der Waals surface area (Å²) in [5, 5.41) is 2.77. The Labute approximate surface area is 223 Å². The van der Waals surface area contributed by atoms with Gasteiger partial charge < -0.3 is 25.6 Å². The standard InChI is InChI=1S/C29H37FN4O4/c1-28(2,31)26(36)32-24(18-38-17-20-8-5-4-6-9-20)25(35)34-15-7-14-29(19-34)23(16-33(3)27(29)37)21-10-12-22(30)13-11-21/h4-6,8-13,23-24H,7,14-19,31H2,1-3H3,(H,32,36)/t23-,24+,29-/m0/s1. The first kappa shape index (κ1) is 27.7. The first-order valence-corrected chi connectivity index (χ1v) is 13.0. The van der Waals surface area contributed by atoms with Gasteiger partial charge in [-0.15, -0.1) is 0 Å². The molecule has 2 saturated heterocycles. The highest BCUT2D eigenvalue weighted by atomic mass is 19.1. The molecule has 1 spiro atoms. The maximum Gasteiger partial charge on any atom is 0.247 e. The second kappa shape index (κ2) is 11.2. The molecule has 8 nitrogen and oxygen atoms in total. The minimum atomic E-state index is -1.18. The molecule has 2 aromatic rings. The molecule has 0 aliphatic carbocycles. The van der Waals surface area contributed by atoms with Crippen molar-refractivity contribution in [1.82, 2.24) is 15.1 Å². The summed E-state index contributed by atoms with van der Waals surface area (Å²) in [4.78, 5) is 43.5. The summed E-state index contributed by atoms with van der Waals surface area (Å²) in [5.41, 5.74) is 5.82. The van der Waals surface area contributed by atoms with Crippen LogP contribution in [0.3, 0.4) is 0 Å². The van der Waals surface area contributed by atoms with Crippen LogP contribution >= 0.6 is 0 Å². The summed E-state index contributed by atoms with van der Waals surface area (Å²) >= 11 is 0. The molecule has 0 bridgehead atoms. The molecule has 4 rings (SSSR count). The lowest BCUT2D eigenvalue weighted by atomic mass is 9.69. The topological polar surface area (TPSA) is 105 Å². The number of nitrogens with zero attached hydrogens (tertiary/aromatic N) is 2. The highest BCUT2D eigenvalue weighted by Gasteiger charge is 2.55. The van der Waals surface area contributed by atoms with Gasteiger partial charge in [0.25, 0.3) is 0 Å². The van der Waals surface area contributed by atoms with Crippen LogP contribution in [0.2, 0.25) is 0 Å². The van der Waals surface area contributed by atoms with Crippen LogP contribution in [-0.2, 0) is 25.7 Å². The Kier molecular flexibility index (Phi) is 8.18. The van der Waals surface area contributed by atoms with Crippen molar-refractivity contribution < 1.29 is 23.5 Å². The fraction of sp³-hybridized carbons (Fsp3) is 0.483. The van der Waals surface area contributed by atoms with E-state index in [1.165, 1.54) is 12.1 Å². The van der Waals surface area contributed by atoms with Crippen LogP contribution in [0.5, 0.6) is 0 Å². The molecule has 3 atom stereocenters. The summed E-state index contributed by atoms with van der Waals surface area (Å²) in [6.45, 7) is 4.57. The first-order chi connectivity index (χ1) is 18.0. The Morgan fingerprint density at radius 1 is 1.18 bits per heavy atom. The molecule has 38 heavy (non-hydrogen) atoms. The van der Waals surface area contributed by atoms with Gasteiger partial charge in [0.2, 0.25) is 17.7 Å². The lowest BCUT2D eigenvalue weighted by Crippen LogP contribution is -2.60. The number of hydrogen-bond acceptors (Lipinski definition) is 5. The highest BCUT2D eigenvalue weighted by Crippen LogP contribution is 2.49. The SMILES string of the molecule is CN1C[C@@H](c2ccc(F)cc2)[C@@]2(CCCN(C(=O)[C@@H](COCc3ccccc3)NC(=O)C(C)(C)N)C2)C1=O. The molecule has 9 heteroatoms. The zero-order valence-corrected chi connectivity index (χ0v) is 22.3. The minimum absolute atomic E-state index is 0.0201. The number of rotatable bonds is 8. The van der Waals surface area contributed by atoms with Crippen molar-refractivity contribution in [2.24, 2.45) is 11.1 Å². The Morgan fingerprint density at radius 3 is 2.53 bits per heavy atom. The molecule has 0 saturated carbocycles. The second-order valence-electron chi connectivity index (χ2n) is 11.1. The molecule has 3 N–H and O–H groups in total. The van der Waals surface area contributed by atoms with Crippen molar-refractivity contribution in [2.45, 2.75) is 50.8 Å². The first-order valence-electron chi connectivity index (χ1n) is 13.0. The van der Waals surface area contributed by atoms with Crippen LogP contribution < -0.4 is 11.1 Å². The van der Waals surface area contributed by atoms with Gasteiger partial charge in [-0.05, 0) is 49.9 Å². The number of likely N-dealkylation sites (N-methyl/N-ethyl adjacent to an activating group) is 1. The number of benzene rings is 2. The third kappa shape index (κ3) is 5.89. The lowest BCUT2D eigenvalue weighted by molar-refractivity contribution is -0.147. The number of piperidine rings is 1. The third-order valence-electron chi connectivity index (χ3n) is 7.59. The lowest BCUT2D eigenvalue weighted by Gasteiger charge is -2.43. The molecular weight excluding hydrogens is 487 g/mol. The van der Waals surface area contributed by atoms with E-state index >= 15 is 0 Å². The van der Waals surface area contributed by atoms with Crippen LogP contribution in [0.1, 0.15) is 43.7 Å². The fourth-order valence-corrected chi connectivity index (χ4v) is 5.52. The Hall–Kier alpha value is -3.30. The van der Waals surface area contributed by atoms with Crippen molar-refractivity contribution in [3.63, 3.8) is 0 Å². The van der Waals surface area contributed by atoms with E-state index in [9.17, 15) is 18.8 Å². The number of likely N-dealkylation sites (tertiary alicyclic amines) is 2. The average molecular weight is 525 g/mol. The molecular formula is C29H37FN4O4. The second-order valence-corrected chi connectivity index (χ2v) is 11.1. The van der Waals surface area contributed by atoms with Crippen molar-refractivity contribution >= 4 is 17.7 Å². The summed E-state index contributed by atoms with van der Waals surface area (Å²) in [5.74, 6) is -1.31. The zero-order valence-electron chi connectivity index (χ0n) is 22.3. The summed E-state index contributed by atoms with van der Waals surface area (Å²) in [6.07, 6.45) is 1.26. The largest absolute Gasteiger partial charge is 0.374 e. The predicted octanol–water partition coefficient (Wildman–Crippen LogP) is 2.43. The Bertz CT molecular complexity index is 1150. The molecule has 204 valence electrons. The van der Waals surface area contributed by atoms with Crippen LogP contribution in [0, 0.1) is 11.2 Å². The fourth-order valence-electron chi connectivity index (χ4n) is 5.52. The number of nitrogens with one attached hydrogen (secondary N) is 1. The molecule has 0 aromatic heterocycles. The third-order valence-corrected chi connectivity index (χ3v) is 7.59. The van der Waals surface area contributed by atoms with Gasteiger partial charge in [0.1, 0.15) is 11.9 Å². The number of carbonyl (C=O) groups is 3. The molecule has 2 aliphatic heterocycles. The zero-order chi connectivity index (χ0) is 27.5. The van der Waals surface area contributed by atoms with E-state index in [0.29, 0.717) is 25.9 Å². The molecule has 3 amide bonds. The molecule has 0 radical (unpaired) electrons. The number of hydrogen-bond donors (Lipinski definition) is 2. The molecule has 0 unspecified atom stereocenters. The van der Waals surface area contributed by atoms with Gasteiger partial charge >= 0.3 is 0 Å². The summed E-state index contributed by atoms with van der Waals surface area (Å²) in [6, 6.07) is 14.9. The van der Waals surface area contributed by atoms with Gasteiger partial charge in [-0.2, -0.15) is 0 Å². The van der Waals surface area contributed by atoms with E-state index in [1.807, 2.05) is 30.3 Å². The quantitative estimate of drug-likeness (QED) is 0.552.